The van der Waals surface area contributed by atoms with Crippen molar-refractivity contribution < 1.29 is 18.7 Å². The van der Waals surface area contributed by atoms with E-state index in [2.05, 4.69) is 15.4 Å². The molecule has 35 heavy (non-hydrogen) atoms. The van der Waals surface area contributed by atoms with Gasteiger partial charge in [0, 0.05) is 17.0 Å². The summed E-state index contributed by atoms with van der Waals surface area (Å²) in [6, 6.07) is 10.9. The van der Waals surface area contributed by atoms with Crippen molar-refractivity contribution in [3.63, 3.8) is 0 Å². The Labute approximate surface area is 201 Å². The van der Waals surface area contributed by atoms with Crippen LogP contribution in [0.15, 0.2) is 58.8 Å². The van der Waals surface area contributed by atoms with Gasteiger partial charge in [-0.3, -0.25) is 14.0 Å². The van der Waals surface area contributed by atoms with Gasteiger partial charge in [0.1, 0.15) is 27.8 Å². The number of rotatable bonds is 5. The molecule has 0 saturated heterocycles. The van der Waals surface area contributed by atoms with Crippen LogP contribution in [0.5, 0.6) is 0 Å². The number of benzene rings is 1. The fraction of sp³-hybridized carbons (Fsp3) is 0.125. The zero-order chi connectivity index (χ0) is 24.7. The molecule has 0 fully saturated rings. The number of para-hydroxylation sites is 1. The van der Waals surface area contributed by atoms with E-state index in [1.54, 1.807) is 48.0 Å². The third kappa shape index (κ3) is 3.75. The van der Waals surface area contributed by atoms with Gasteiger partial charge in [0.15, 0.2) is 5.69 Å². The van der Waals surface area contributed by atoms with E-state index in [0.29, 0.717) is 17.0 Å². The van der Waals surface area contributed by atoms with Gasteiger partial charge in [0.25, 0.3) is 11.5 Å². The largest absolute Gasteiger partial charge is 0.461 e. The Morgan fingerprint density at radius 2 is 1.94 bits per heavy atom. The smallest absolute Gasteiger partial charge is 0.359 e. The van der Waals surface area contributed by atoms with Crippen LogP contribution in [0.2, 0.25) is 0 Å². The second-order valence-electron chi connectivity index (χ2n) is 7.52. The summed E-state index contributed by atoms with van der Waals surface area (Å²) in [4.78, 5) is 43.8. The lowest BCUT2D eigenvalue weighted by molar-refractivity contribution is 0.0519. The predicted octanol–water partition coefficient (Wildman–Crippen LogP) is 3.97. The first kappa shape index (κ1) is 22.4. The number of amides is 1. The normalized spacial score (nSPS) is 11.2. The van der Waals surface area contributed by atoms with Gasteiger partial charge in [-0.2, -0.15) is 9.78 Å². The van der Waals surface area contributed by atoms with E-state index in [-0.39, 0.29) is 33.8 Å². The minimum absolute atomic E-state index is 0.0242. The maximum atomic E-state index is 14.6. The number of nitrogens with one attached hydrogen (secondary N) is 1. The lowest BCUT2D eigenvalue weighted by Gasteiger charge is -2.10. The number of hydrogen-bond acceptors (Lipinski definition) is 7. The number of aryl methyl sites for hydroxylation is 1. The topological polar surface area (TPSA) is 108 Å². The summed E-state index contributed by atoms with van der Waals surface area (Å²) in [5.41, 5.74) is 0.424. The molecule has 1 amide bonds. The molecule has 5 rings (SSSR count). The Hall–Kier alpha value is -4.38. The summed E-state index contributed by atoms with van der Waals surface area (Å²) in [6.07, 6.45) is 1.71. The van der Waals surface area contributed by atoms with Crippen molar-refractivity contribution in [3.8, 4) is 5.69 Å². The van der Waals surface area contributed by atoms with Gasteiger partial charge in [-0.05, 0) is 38.1 Å². The van der Waals surface area contributed by atoms with E-state index in [0.717, 1.165) is 16.0 Å². The molecule has 0 aliphatic carbocycles. The van der Waals surface area contributed by atoms with Gasteiger partial charge in [0.05, 0.1) is 17.7 Å². The number of ether oxygens (including phenoxy) is 1. The van der Waals surface area contributed by atoms with Crippen LogP contribution in [0, 0.1) is 12.7 Å². The molecule has 0 atom stereocenters. The highest BCUT2D eigenvalue weighted by Crippen LogP contribution is 2.31. The first-order chi connectivity index (χ1) is 16.9. The Morgan fingerprint density at radius 3 is 2.71 bits per heavy atom. The Kier molecular flexibility index (Phi) is 5.61. The SMILES string of the molecule is CCOC(=O)c1nn(-c2ccccc2F)c(=O)c2c(NC(=O)c3c(C)nc4ccccn34)scc12. The van der Waals surface area contributed by atoms with Crippen molar-refractivity contribution in [3.05, 3.63) is 87.3 Å². The van der Waals surface area contributed by atoms with Crippen LogP contribution in [0.4, 0.5) is 9.39 Å². The minimum atomic E-state index is -0.768. The van der Waals surface area contributed by atoms with Crippen LogP contribution < -0.4 is 10.9 Å². The summed E-state index contributed by atoms with van der Waals surface area (Å²) < 4.78 is 22.1. The molecule has 0 aliphatic rings. The number of halogens is 1. The molecule has 4 heterocycles. The highest BCUT2D eigenvalue weighted by atomic mass is 32.1. The van der Waals surface area contributed by atoms with Gasteiger partial charge < -0.3 is 10.1 Å². The molecule has 9 nitrogen and oxygen atoms in total. The molecule has 1 aromatic carbocycles. The van der Waals surface area contributed by atoms with E-state index in [4.69, 9.17) is 4.74 Å². The highest BCUT2D eigenvalue weighted by Gasteiger charge is 2.25. The van der Waals surface area contributed by atoms with Crippen molar-refractivity contribution >= 4 is 44.6 Å². The van der Waals surface area contributed by atoms with E-state index < -0.39 is 23.3 Å². The monoisotopic (exact) mass is 491 g/mol. The number of hydrogen-bond donors (Lipinski definition) is 1. The highest BCUT2D eigenvalue weighted by molar-refractivity contribution is 7.16. The fourth-order valence-corrected chi connectivity index (χ4v) is 4.76. The number of anilines is 1. The number of aromatic nitrogens is 4. The zero-order valence-corrected chi connectivity index (χ0v) is 19.4. The molecule has 0 spiro atoms. The molecule has 0 radical (unpaired) electrons. The average molecular weight is 492 g/mol. The molecule has 1 N–H and O–H groups in total. The predicted molar refractivity (Wildman–Crippen MR) is 129 cm³/mol. The molecular formula is C24H18FN5O4S. The zero-order valence-electron chi connectivity index (χ0n) is 18.6. The molecule has 0 saturated carbocycles. The Balaban J connectivity index is 1.69. The van der Waals surface area contributed by atoms with Crippen LogP contribution in [-0.4, -0.2) is 37.6 Å². The fourth-order valence-electron chi connectivity index (χ4n) is 3.83. The number of pyridine rings is 1. The van der Waals surface area contributed by atoms with Crippen LogP contribution in [0.3, 0.4) is 0 Å². The Bertz CT molecular complexity index is 1690. The van der Waals surface area contributed by atoms with Crippen molar-refractivity contribution in [1.29, 1.82) is 0 Å². The van der Waals surface area contributed by atoms with E-state index in [1.165, 1.54) is 18.2 Å². The molecule has 0 aliphatic heterocycles. The summed E-state index contributed by atoms with van der Waals surface area (Å²) in [7, 11) is 0. The number of thiophene rings is 1. The molecule has 4 aromatic heterocycles. The summed E-state index contributed by atoms with van der Waals surface area (Å²) in [5, 5.41) is 8.84. The number of carbonyl (C=O) groups is 2. The maximum Gasteiger partial charge on any atom is 0.359 e. The van der Waals surface area contributed by atoms with E-state index >= 15 is 0 Å². The first-order valence-electron chi connectivity index (χ1n) is 10.6. The second kappa shape index (κ2) is 8.76. The van der Waals surface area contributed by atoms with E-state index in [9.17, 15) is 18.8 Å². The van der Waals surface area contributed by atoms with Crippen LogP contribution in [0.25, 0.3) is 22.1 Å². The van der Waals surface area contributed by atoms with Gasteiger partial charge >= 0.3 is 5.97 Å². The van der Waals surface area contributed by atoms with Gasteiger partial charge in [-0.15, -0.1) is 11.3 Å². The van der Waals surface area contributed by atoms with Crippen LogP contribution in [0.1, 0.15) is 33.6 Å². The van der Waals surface area contributed by atoms with Crippen molar-refractivity contribution in [2.24, 2.45) is 0 Å². The molecule has 176 valence electrons. The molecule has 0 unspecified atom stereocenters. The number of nitrogens with zero attached hydrogens (tertiary/aromatic N) is 4. The maximum absolute atomic E-state index is 14.6. The van der Waals surface area contributed by atoms with Gasteiger partial charge in [0.2, 0.25) is 0 Å². The summed E-state index contributed by atoms with van der Waals surface area (Å²) in [6.45, 7) is 3.43. The van der Waals surface area contributed by atoms with Gasteiger partial charge in [-0.25, -0.2) is 14.2 Å². The molecule has 0 bridgehead atoms. The molecular weight excluding hydrogens is 473 g/mol. The minimum Gasteiger partial charge on any atom is -0.461 e. The van der Waals surface area contributed by atoms with Crippen molar-refractivity contribution in [1.82, 2.24) is 19.2 Å². The van der Waals surface area contributed by atoms with E-state index in [1.807, 2.05) is 6.07 Å². The molecule has 11 heteroatoms. The third-order valence-electron chi connectivity index (χ3n) is 5.35. The quantitative estimate of drug-likeness (QED) is 0.373. The standard InChI is InChI=1S/C24H18FN5O4S/c1-3-34-24(33)19-14-12-35-22(18(14)23(32)30(28-19)16-9-5-4-8-15(16)25)27-21(31)20-13(2)26-17-10-6-7-11-29(17)20/h4-12H,3H2,1-2H3,(H,27,31). The van der Waals surface area contributed by atoms with Crippen molar-refractivity contribution in [2.75, 3.05) is 11.9 Å². The lowest BCUT2D eigenvalue weighted by atomic mass is 10.2. The number of carbonyl (C=O) groups excluding carboxylic acids is 2. The molecule has 5 aromatic rings. The van der Waals surface area contributed by atoms with Gasteiger partial charge in [-0.1, -0.05) is 18.2 Å². The lowest BCUT2D eigenvalue weighted by Crippen LogP contribution is -2.26. The summed E-state index contributed by atoms with van der Waals surface area (Å²) in [5.74, 6) is -1.95. The summed E-state index contributed by atoms with van der Waals surface area (Å²) >= 11 is 1.06. The number of fused-ring (bicyclic) bond motifs is 2. The third-order valence-corrected chi connectivity index (χ3v) is 6.24. The number of esters is 1. The average Bonchev–Trinajstić information content (AvgIpc) is 3.40. The van der Waals surface area contributed by atoms with Crippen molar-refractivity contribution in [2.45, 2.75) is 13.8 Å². The first-order valence-corrected chi connectivity index (χ1v) is 11.5. The van der Waals surface area contributed by atoms with Crippen LogP contribution in [-0.2, 0) is 4.74 Å². The second-order valence-corrected chi connectivity index (χ2v) is 8.40. The van der Waals surface area contributed by atoms with Crippen LogP contribution >= 0.6 is 11.3 Å². The number of imidazole rings is 1. The Morgan fingerprint density at radius 1 is 1.17 bits per heavy atom.